The monoisotopic (exact) mass is 279 g/mol. The molecule has 1 aliphatic rings. The zero-order valence-corrected chi connectivity index (χ0v) is 12.0. The highest BCUT2D eigenvalue weighted by molar-refractivity contribution is 5.69. The first kappa shape index (κ1) is 14.8. The molecule has 2 rings (SSSR count). The fraction of sp³-hybridized carbons (Fsp3) is 0.533. The number of benzene rings is 1. The summed E-state index contributed by atoms with van der Waals surface area (Å²) >= 11 is 0. The van der Waals surface area contributed by atoms with E-state index < -0.39 is 11.6 Å². The molecular weight excluding hydrogens is 258 g/mol. The van der Waals surface area contributed by atoms with Crippen molar-refractivity contribution in [2.75, 3.05) is 33.4 Å². The summed E-state index contributed by atoms with van der Waals surface area (Å²) in [5.74, 6) is 0.00890. The first-order chi connectivity index (χ1) is 9.53. The lowest BCUT2D eigenvalue weighted by Crippen LogP contribution is -2.42. The molecule has 0 radical (unpaired) electrons. The van der Waals surface area contributed by atoms with Crippen LogP contribution in [-0.4, -0.2) is 54.9 Å². The number of aliphatic carboxylic acids is 1. The average Bonchev–Trinajstić information content (AvgIpc) is 2.80. The smallest absolute Gasteiger partial charge is 0.317 e. The molecule has 1 aromatic rings. The van der Waals surface area contributed by atoms with Crippen LogP contribution in [0.5, 0.6) is 5.75 Å². The Balaban J connectivity index is 1.94. The zero-order valence-electron chi connectivity index (χ0n) is 12.0. The fourth-order valence-corrected chi connectivity index (χ4v) is 2.52. The van der Waals surface area contributed by atoms with Gasteiger partial charge in [-0.25, -0.2) is 0 Å². The van der Waals surface area contributed by atoms with Gasteiger partial charge in [-0.3, -0.25) is 9.69 Å². The van der Waals surface area contributed by atoms with E-state index in [9.17, 15) is 4.79 Å². The minimum atomic E-state index is -0.809. The van der Waals surface area contributed by atoms with Crippen LogP contribution >= 0.6 is 0 Å². The molecule has 110 valence electrons. The molecule has 20 heavy (non-hydrogen) atoms. The fourth-order valence-electron chi connectivity index (χ4n) is 2.52. The summed E-state index contributed by atoms with van der Waals surface area (Å²) in [7, 11) is 1.66. The molecule has 1 aromatic carbocycles. The number of methoxy groups -OCH3 is 1. The molecule has 1 fully saturated rings. The van der Waals surface area contributed by atoms with Gasteiger partial charge in [-0.1, -0.05) is 12.1 Å². The Morgan fingerprint density at radius 3 is 2.95 bits per heavy atom. The van der Waals surface area contributed by atoms with Gasteiger partial charge in [-0.2, -0.15) is 0 Å². The van der Waals surface area contributed by atoms with E-state index in [2.05, 4.69) is 0 Å². The summed E-state index contributed by atoms with van der Waals surface area (Å²) in [6.07, 6.45) is 0.780. The van der Waals surface area contributed by atoms with E-state index in [1.54, 1.807) is 7.11 Å². The Morgan fingerprint density at radius 1 is 1.50 bits per heavy atom. The third-order valence-corrected chi connectivity index (χ3v) is 3.68. The summed E-state index contributed by atoms with van der Waals surface area (Å²) in [6, 6.07) is 7.87. The van der Waals surface area contributed by atoms with Crippen LogP contribution in [0.2, 0.25) is 0 Å². The highest BCUT2D eigenvalue weighted by atomic mass is 16.5. The van der Waals surface area contributed by atoms with Crippen molar-refractivity contribution in [3.8, 4) is 5.75 Å². The molecular formula is C15H21NO4. The minimum absolute atomic E-state index is 0.0511. The molecule has 5 heteroatoms. The van der Waals surface area contributed by atoms with Crippen molar-refractivity contribution >= 4 is 5.97 Å². The van der Waals surface area contributed by atoms with Crippen molar-refractivity contribution < 1.29 is 19.4 Å². The molecule has 1 aliphatic heterocycles. The maximum atomic E-state index is 10.8. The van der Waals surface area contributed by atoms with E-state index in [1.807, 2.05) is 36.1 Å². The molecule has 0 spiro atoms. The Hall–Kier alpha value is -1.59. The number of aryl methyl sites for hydroxylation is 1. The van der Waals surface area contributed by atoms with Gasteiger partial charge in [0.1, 0.15) is 18.0 Å². The average molecular weight is 279 g/mol. The van der Waals surface area contributed by atoms with Gasteiger partial charge in [0, 0.05) is 20.2 Å². The number of rotatable bonds is 6. The molecule has 1 N–H and O–H groups in total. The van der Waals surface area contributed by atoms with Crippen LogP contribution in [0.15, 0.2) is 24.3 Å². The predicted octanol–water partition coefficient (Wildman–Crippen LogP) is 1.55. The summed E-state index contributed by atoms with van der Waals surface area (Å²) in [5.41, 5.74) is 0.729. The van der Waals surface area contributed by atoms with Crippen LogP contribution in [0.25, 0.3) is 0 Å². The number of hydrogen-bond donors (Lipinski definition) is 1. The van der Waals surface area contributed by atoms with Crippen molar-refractivity contribution in [2.24, 2.45) is 0 Å². The molecule has 0 aromatic heterocycles. The minimum Gasteiger partial charge on any atom is -0.491 e. The van der Waals surface area contributed by atoms with Gasteiger partial charge in [0.25, 0.3) is 0 Å². The number of carboxylic acid groups (broad SMARTS) is 1. The number of hydrogen-bond acceptors (Lipinski definition) is 4. The molecule has 1 saturated heterocycles. The van der Waals surface area contributed by atoms with Crippen molar-refractivity contribution in [1.29, 1.82) is 0 Å². The second-order valence-corrected chi connectivity index (χ2v) is 5.35. The number of nitrogens with zero attached hydrogens (tertiary/aromatic N) is 1. The van der Waals surface area contributed by atoms with E-state index in [1.165, 1.54) is 0 Å². The number of carboxylic acids is 1. The lowest BCUT2D eigenvalue weighted by Gasteiger charge is -2.27. The molecule has 1 heterocycles. The van der Waals surface area contributed by atoms with Crippen LogP contribution in [0, 0.1) is 6.92 Å². The second kappa shape index (κ2) is 6.24. The van der Waals surface area contributed by atoms with Crippen molar-refractivity contribution in [2.45, 2.75) is 18.9 Å². The highest BCUT2D eigenvalue weighted by Crippen LogP contribution is 2.26. The van der Waals surface area contributed by atoms with Crippen LogP contribution in [0.1, 0.15) is 12.0 Å². The summed E-state index contributed by atoms with van der Waals surface area (Å²) in [5, 5.41) is 8.84. The van der Waals surface area contributed by atoms with Gasteiger partial charge >= 0.3 is 5.97 Å². The first-order valence-electron chi connectivity index (χ1n) is 6.72. The Bertz CT molecular complexity index is 477. The Morgan fingerprint density at radius 2 is 2.30 bits per heavy atom. The van der Waals surface area contributed by atoms with Gasteiger partial charge in [0.05, 0.1) is 6.54 Å². The van der Waals surface area contributed by atoms with Gasteiger partial charge in [0.2, 0.25) is 0 Å². The van der Waals surface area contributed by atoms with Gasteiger partial charge < -0.3 is 14.6 Å². The second-order valence-electron chi connectivity index (χ2n) is 5.35. The van der Waals surface area contributed by atoms with Crippen molar-refractivity contribution in [1.82, 2.24) is 4.90 Å². The number of likely N-dealkylation sites (tertiary alicyclic amines) is 1. The quantitative estimate of drug-likeness (QED) is 0.856. The topological polar surface area (TPSA) is 59.0 Å². The summed E-state index contributed by atoms with van der Waals surface area (Å²) < 4.78 is 11.4. The molecule has 0 bridgehead atoms. The predicted molar refractivity (Wildman–Crippen MR) is 75.1 cm³/mol. The standard InChI is InChI=1S/C15H21NO4/c1-12-4-3-5-13(8-12)20-11-15(19-2)6-7-16(10-15)9-14(17)18/h3-5,8H,6-7,9-11H2,1-2H3,(H,17,18)/t15-/m1/s1. The highest BCUT2D eigenvalue weighted by Gasteiger charge is 2.39. The van der Waals surface area contributed by atoms with Crippen LogP contribution < -0.4 is 4.74 Å². The summed E-state index contributed by atoms with van der Waals surface area (Å²) in [6.45, 7) is 3.81. The maximum Gasteiger partial charge on any atom is 0.317 e. The molecule has 0 unspecified atom stereocenters. The van der Waals surface area contributed by atoms with Crippen LogP contribution in [0.3, 0.4) is 0 Å². The zero-order chi connectivity index (χ0) is 14.6. The van der Waals surface area contributed by atoms with E-state index in [0.29, 0.717) is 13.2 Å². The van der Waals surface area contributed by atoms with E-state index >= 15 is 0 Å². The van der Waals surface area contributed by atoms with E-state index in [4.69, 9.17) is 14.6 Å². The van der Waals surface area contributed by atoms with Crippen molar-refractivity contribution in [3.05, 3.63) is 29.8 Å². The Kier molecular flexibility index (Phi) is 4.62. The number of ether oxygens (including phenoxy) is 2. The largest absolute Gasteiger partial charge is 0.491 e. The first-order valence-corrected chi connectivity index (χ1v) is 6.72. The summed E-state index contributed by atoms with van der Waals surface area (Å²) in [4.78, 5) is 12.6. The number of carbonyl (C=O) groups is 1. The third kappa shape index (κ3) is 3.71. The van der Waals surface area contributed by atoms with Crippen LogP contribution in [-0.2, 0) is 9.53 Å². The van der Waals surface area contributed by atoms with E-state index in [-0.39, 0.29) is 6.54 Å². The molecule has 0 amide bonds. The van der Waals surface area contributed by atoms with Gasteiger partial charge in [-0.05, 0) is 31.0 Å². The molecule has 0 saturated carbocycles. The normalized spacial score (nSPS) is 22.9. The SMILES string of the molecule is CO[C@]1(COc2cccc(C)c2)CCN(CC(=O)O)C1. The maximum absolute atomic E-state index is 10.8. The lowest BCUT2D eigenvalue weighted by molar-refractivity contribution is -0.138. The molecule has 5 nitrogen and oxygen atoms in total. The lowest BCUT2D eigenvalue weighted by atomic mass is 10.0. The van der Waals surface area contributed by atoms with Crippen molar-refractivity contribution in [3.63, 3.8) is 0 Å². The van der Waals surface area contributed by atoms with Crippen LogP contribution in [0.4, 0.5) is 0 Å². The van der Waals surface area contributed by atoms with Gasteiger partial charge in [-0.15, -0.1) is 0 Å². The Labute approximate surface area is 119 Å². The van der Waals surface area contributed by atoms with Gasteiger partial charge in [0.15, 0.2) is 0 Å². The third-order valence-electron chi connectivity index (χ3n) is 3.68. The molecule has 0 aliphatic carbocycles. The van der Waals surface area contributed by atoms with E-state index in [0.717, 1.165) is 24.3 Å². The molecule has 1 atom stereocenters.